The van der Waals surface area contributed by atoms with Crippen molar-refractivity contribution in [2.45, 2.75) is 84.5 Å². The molecular formula is C24H39N3O4. The van der Waals surface area contributed by atoms with E-state index in [4.69, 9.17) is 5.53 Å². The van der Waals surface area contributed by atoms with Gasteiger partial charge in [-0.05, 0) is 62.8 Å². The van der Waals surface area contributed by atoms with Crippen molar-refractivity contribution in [2.24, 2.45) is 22.4 Å². The van der Waals surface area contributed by atoms with Gasteiger partial charge in [0.2, 0.25) is 0 Å². The highest BCUT2D eigenvalue weighted by atomic mass is 16.5. The van der Waals surface area contributed by atoms with Crippen molar-refractivity contribution in [3.8, 4) is 0 Å². The van der Waals surface area contributed by atoms with Crippen LogP contribution in [0.1, 0.15) is 66.2 Å². The Balaban J connectivity index is 2.80. The van der Waals surface area contributed by atoms with E-state index in [1.165, 1.54) is 12.7 Å². The van der Waals surface area contributed by atoms with Crippen LogP contribution in [0.5, 0.6) is 0 Å². The SMILES string of the molecule is COC(=O)CCC/C=C\C[C@@H]1[C@@H](/C=C/[C@H](O)C(C)(C)CC=C(C)C)[C@H](O)C[C@@H]1N=[N+]=[N-]. The molecule has 0 heterocycles. The fourth-order valence-corrected chi connectivity index (χ4v) is 3.82. The highest BCUT2D eigenvalue weighted by Crippen LogP contribution is 2.39. The summed E-state index contributed by atoms with van der Waals surface area (Å²) >= 11 is 0. The molecule has 1 aliphatic rings. The van der Waals surface area contributed by atoms with Crippen molar-refractivity contribution in [1.82, 2.24) is 0 Å². The minimum absolute atomic E-state index is 0.0351. The molecule has 174 valence electrons. The number of hydrogen-bond acceptors (Lipinski definition) is 5. The molecule has 31 heavy (non-hydrogen) atoms. The van der Waals surface area contributed by atoms with Crippen LogP contribution in [-0.4, -0.2) is 41.5 Å². The molecule has 0 radical (unpaired) electrons. The molecule has 1 aliphatic carbocycles. The largest absolute Gasteiger partial charge is 0.469 e. The van der Waals surface area contributed by atoms with E-state index >= 15 is 0 Å². The second-order valence-electron chi connectivity index (χ2n) is 9.30. The summed E-state index contributed by atoms with van der Waals surface area (Å²) in [5, 5.41) is 25.2. The van der Waals surface area contributed by atoms with Crippen LogP contribution < -0.4 is 0 Å². The zero-order chi connectivity index (χ0) is 23.4. The van der Waals surface area contributed by atoms with Crippen molar-refractivity contribution in [1.29, 1.82) is 0 Å². The van der Waals surface area contributed by atoms with E-state index in [0.717, 1.165) is 12.8 Å². The van der Waals surface area contributed by atoms with Crippen molar-refractivity contribution in [3.63, 3.8) is 0 Å². The lowest BCUT2D eigenvalue weighted by Crippen LogP contribution is -2.28. The Morgan fingerprint density at radius 1 is 1.35 bits per heavy atom. The maximum Gasteiger partial charge on any atom is 0.305 e. The number of aliphatic hydroxyl groups excluding tert-OH is 2. The standard InChI is InChI=1S/C24H39N3O4/c1-17(2)14-15-24(3,4)22(29)13-12-19-18(20(26-27-25)16-21(19)28)10-8-6-7-9-11-23(30)31-5/h6,8,12-14,18-22,28-29H,7,9-11,15-16H2,1-5H3/b8-6-,13-12+/t18-,19-,20+,21-,22+/m1/s1. The first-order chi connectivity index (χ1) is 14.6. The average Bonchev–Trinajstić information content (AvgIpc) is 3.01. The molecular weight excluding hydrogens is 394 g/mol. The summed E-state index contributed by atoms with van der Waals surface area (Å²) in [6.45, 7) is 8.11. The number of esters is 1. The highest BCUT2D eigenvalue weighted by molar-refractivity contribution is 5.69. The first-order valence-electron chi connectivity index (χ1n) is 11.1. The number of methoxy groups -OCH3 is 1. The van der Waals surface area contributed by atoms with E-state index in [0.29, 0.717) is 25.7 Å². The van der Waals surface area contributed by atoms with E-state index in [2.05, 4.69) is 20.8 Å². The molecule has 7 heteroatoms. The minimum atomic E-state index is -0.650. The van der Waals surface area contributed by atoms with Crippen molar-refractivity contribution in [3.05, 3.63) is 46.4 Å². The van der Waals surface area contributed by atoms with Crippen LogP contribution in [0.2, 0.25) is 0 Å². The van der Waals surface area contributed by atoms with E-state index in [9.17, 15) is 15.0 Å². The molecule has 1 fully saturated rings. The summed E-state index contributed by atoms with van der Waals surface area (Å²) in [7, 11) is 1.38. The zero-order valence-corrected chi connectivity index (χ0v) is 19.6. The summed E-state index contributed by atoms with van der Waals surface area (Å²) in [5.41, 5.74) is 9.81. The Bertz CT molecular complexity index is 704. The maximum absolute atomic E-state index is 11.2. The van der Waals surface area contributed by atoms with Crippen molar-refractivity contribution >= 4 is 5.97 Å². The Labute approximate surface area is 186 Å². The second-order valence-corrected chi connectivity index (χ2v) is 9.30. The summed E-state index contributed by atoms with van der Waals surface area (Å²) < 4.78 is 4.63. The summed E-state index contributed by atoms with van der Waals surface area (Å²) in [4.78, 5) is 14.1. The van der Waals surface area contributed by atoms with E-state index in [-0.39, 0.29) is 29.3 Å². The summed E-state index contributed by atoms with van der Waals surface area (Å²) in [5.74, 6) is -0.441. The molecule has 0 bridgehead atoms. The molecule has 0 aromatic rings. The molecule has 0 spiro atoms. The van der Waals surface area contributed by atoms with Crippen LogP contribution in [0.15, 0.2) is 41.1 Å². The number of unbranched alkanes of at least 4 members (excludes halogenated alkanes) is 1. The quantitative estimate of drug-likeness (QED) is 0.109. The van der Waals surface area contributed by atoms with E-state index in [1.54, 1.807) is 6.08 Å². The third-order valence-electron chi connectivity index (χ3n) is 6.02. The van der Waals surface area contributed by atoms with E-state index < -0.39 is 12.2 Å². The smallest absolute Gasteiger partial charge is 0.305 e. The first kappa shape index (κ1) is 27.0. The summed E-state index contributed by atoms with van der Waals surface area (Å²) in [6.07, 6.45) is 12.2. The molecule has 1 rings (SSSR count). The third kappa shape index (κ3) is 9.30. The van der Waals surface area contributed by atoms with Gasteiger partial charge in [-0.15, -0.1) is 0 Å². The molecule has 0 aromatic heterocycles. The van der Waals surface area contributed by atoms with Gasteiger partial charge in [0.25, 0.3) is 0 Å². The Hall–Kier alpha value is -2.08. The number of carbonyl (C=O) groups excluding carboxylic acids is 1. The molecule has 0 saturated heterocycles. The average molecular weight is 434 g/mol. The van der Waals surface area contributed by atoms with Crippen LogP contribution in [0, 0.1) is 17.3 Å². The van der Waals surface area contributed by atoms with Crippen LogP contribution in [-0.2, 0) is 9.53 Å². The molecule has 0 aliphatic heterocycles. The van der Waals surface area contributed by atoms with Gasteiger partial charge in [-0.3, -0.25) is 4.79 Å². The lowest BCUT2D eigenvalue weighted by Gasteiger charge is -2.28. The number of aliphatic hydroxyl groups is 2. The minimum Gasteiger partial charge on any atom is -0.469 e. The normalized spacial score (nSPS) is 24.9. The topological polar surface area (TPSA) is 116 Å². The summed E-state index contributed by atoms with van der Waals surface area (Å²) in [6, 6.07) is -0.287. The van der Waals surface area contributed by atoms with Gasteiger partial charge in [0.1, 0.15) is 0 Å². The van der Waals surface area contributed by atoms with Gasteiger partial charge in [-0.2, -0.15) is 0 Å². The van der Waals surface area contributed by atoms with Gasteiger partial charge < -0.3 is 14.9 Å². The van der Waals surface area contributed by atoms with Gasteiger partial charge in [0.05, 0.1) is 19.3 Å². The molecule has 0 unspecified atom stereocenters. The molecule has 1 saturated carbocycles. The Morgan fingerprint density at radius 3 is 2.68 bits per heavy atom. The lowest BCUT2D eigenvalue weighted by molar-refractivity contribution is -0.140. The fraction of sp³-hybridized carbons (Fsp3) is 0.708. The van der Waals surface area contributed by atoms with Gasteiger partial charge in [0.15, 0.2) is 0 Å². The third-order valence-corrected chi connectivity index (χ3v) is 6.02. The van der Waals surface area contributed by atoms with Crippen molar-refractivity contribution < 1.29 is 19.7 Å². The van der Waals surface area contributed by atoms with Gasteiger partial charge in [0, 0.05) is 23.3 Å². The van der Waals surface area contributed by atoms with E-state index in [1.807, 2.05) is 45.9 Å². The number of allylic oxidation sites excluding steroid dienone is 4. The fourth-order valence-electron chi connectivity index (χ4n) is 3.82. The predicted octanol–water partition coefficient (Wildman–Crippen LogP) is 5.25. The highest BCUT2D eigenvalue weighted by Gasteiger charge is 2.40. The molecule has 5 atom stereocenters. The van der Waals surface area contributed by atoms with Crippen molar-refractivity contribution in [2.75, 3.05) is 7.11 Å². The Kier molecular flexibility index (Phi) is 11.6. The lowest BCUT2D eigenvalue weighted by atomic mass is 9.81. The second kappa shape index (κ2) is 13.4. The number of carbonyl (C=O) groups is 1. The van der Waals surface area contributed by atoms with Crippen LogP contribution >= 0.6 is 0 Å². The number of hydrogen-bond donors (Lipinski definition) is 2. The Morgan fingerprint density at radius 2 is 2.06 bits per heavy atom. The number of ether oxygens (including phenoxy) is 1. The van der Waals surface area contributed by atoms with Crippen LogP contribution in [0.3, 0.4) is 0 Å². The van der Waals surface area contributed by atoms with Gasteiger partial charge in [-0.1, -0.05) is 54.9 Å². The van der Waals surface area contributed by atoms with Crippen LogP contribution in [0.4, 0.5) is 0 Å². The van der Waals surface area contributed by atoms with Gasteiger partial charge >= 0.3 is 5.97 Å². The molecule has 0 amide bonds. The number of rotatable bonds is 12. The zero-order valence-electron chi connectivity index (χ0n) is 19.6. The van der Waals surface area contributed by atoms with Crippen LogP contribution in [0.25, 0.3) is 10.4 Å². The molecule has 7 nitrogen and oxygen atoms in total. The monoisotopic (exact) mass is 433 g/mol. The maximum atomic E-state index is 11.2. The predicted molar refractivity (Wildman–Crippen MR) is 123 cm³/mol. The number of nitrogens with zero attached hydrogens (tertiary/aromatic N) is 3. The molecule has 0 aromatic carbocycles. The van der Waals surface area contributed by atoms with Gasteiger partial charge in [-0.25, -0.2) is 0 Å². The first-order valence-corrected chi connectivity index (χ1v) is 11.1. The molecule has 2 N–H and O–H groups in total. The number of azide groups is 1.